The summed E-state index contributed by atoms with van der Waals surface area (Å²) in [5.41, 5.74) is 1.68. The summed E-state index contributed by atoms with van der Waals surface area (Å²) >= 11 is 3.46. The summed E-state index contributed by atoms with van der Waals surface area (Å²) < 4.78 is 6.27. The maximum Gasteiger partial charge on any atom is 0.235 e. The molecule has 0 radical (unpaired) electrons. The molecule has 84 valence electrons. The lowest BCUT2D eigenvalue weighted by atomic mass is 9.65. The van der Waals surface area contributed by atoms with Crippen molar-refractivity contribution in [2.75, 3.05) is 12.4 Å². The van der Waals surface area contributed by atoms with E-state index in [4.69, 9.17) is 4.74 Å². The highest BCUT2D eigenvalue weighted by Gasteiger charge is 2.51. The minimum absolute atomic E-state index is 0.130. The Balaban J connectivity index is 2.22. The van der Waals surface area contributed by atoms with Crippen LogP contribution >= 0.6 is 15.9 Å². The number of halogens is 1. The largest absolute Gasteiger partial charge is 0.495 e. The van der Waals surface area contributed by atoms with E-state index in [0.29, 0.717) is 0 Å². The molecule has 2 aliphatic rings. The third-order valence-corrected chi connectivity index (χ3v) is 4.14. The van der Waals surface area contributed by atoms with Gasteiger partial charge in [-0.1, -0.05) is 22.4 Å². The fourth-order valence-corrected chi connectivity index (χ4v) is 3.07. The van der Waals surface area contributed by atoms with Crippen LogP contribution in [0.15, 0.2) is 16.6 Å². The summed E-state index contributed by atoms with van der Waals surface area (Å²) in [6, 6.07) is 3.92. The molecule has 1 aliphatic heterocycles. The van der Waals surface area contributed by atoms with Crippen LogP contribution in [-0.4, -0.2) is 13.0 Å². The van der Waals surface area contributed by atoms with Crippen LogP contribution in [0.2, 0.25) is 0 Å². The van der Waals surface area contributed by atoms with Crippen LogP contribution in [0.25, 0.3) is 0 Å². The van der Waals surface area contributed by atoms with Crippen molar-refractivity contribution in [2.45, 2.75) is 24.7 Å². The molecule has 0 saturated heterocycles. The van der Waals surface area contributed by atoms with Crippen LogP contribution in [0.3, 0.4) is 0 Å². The summed E-state index contributed by atoms with van der Waals surface area (Å²) in [5, 5.41) is 2.95. The number of amides is 1. The summed E-state index contributed by atoms with van der Waals surface area (Å²) in [7, 11) is 1.62. The lowest BCUT2D eigenvalue weighted by Crippen LogP contribution is -2.40. The topological polar surface area (TPSA) is 38.3 Å². The van der Waals surface area contributed by atoms with Gasteiger partial charge in [0.05, 0.1) is 18.2 Å². The number of rotatable bonds is 1. The Bertz CT molecular complexity index is 480. The second-order valence-electron chi connectivity index (χ2n) is 4.42. The standard InChI is InChI=1S/C12H12BrNO2/c1-16-9-6-7(13)5-8-10(9)14-11(15)12(8)3-2-4-12/h5-6H,2-4H2,1H3,(H,14,15). The van der Waals surface area contributed by atoms with E-state index in [1.54, 1.807) is 7.11 Å². The molecular formula is C12H12BrNO2. The Hall–Kier alpha value is -1.03. The van der Waals surface area contributed by atoms with E-state index < -0.39 is 0 Å². The minimum atomic E-state index is -0.271. The second kappa shape index (κ2) is 3.23. The molecule has 3 rings (SSSR count). The van der Waals surface area contributed by atoms with Gasteiger partial charge in [-0.05, 0) is 30.5 Å². The van der Waals surface area contributed by atoms with Crippen molar-refractivity contribution >= 4 is 27.5 Å². The first kappa shape index (κ1) is 10.1. The molecule has 1 aromatic rings. The van der Waals surface area contributed by atoms with Crippen molar-refractivity contribution in [3.63, 3.8) is 0 Å². The van der Waals surface area contributed by atoms with Gasteiger partial charge in [-0.2, -0.15) is 0 Å². The number of nitrogens with one attached hydrogen (secondary N) is 1. The zero-order valence-electron chi connectivity index (χ0n) is 8.97. The summed E-state index contributed by atoms with van der Waals surface area (Å²) in [5.74, 6) is 0.867. The Morgan fingerprint density at radius 1 is 1.44 bits per heavy atom. The summed E-state index contributed by atoms with van der Waals surface area (Å²) in [6.07, 6.45) is 3.03. The first-order chi connectivity index (χ1) is 7.67. The molecule has 0 bridgehead atoms. The number of hydrogen-bond donors (Lipinski definition) is 1. The second-order valence-corrected chi connectivity index (χ2v) is 5.34. The van der Waals surface area contributed by atoms with Gasteiger partial charge in [0.1, 0.15) is 5.75 Å². The highest BCUT2D eigenvalue weighted by atomic mass is 79.9. The zero-order chi connectivity index (χ0) is 11.3. The molecule has 1 spiro atoms. The number of fused-ring (bicyclic) bond motifs is 2. The van der Waals surface area contributed by atoms with Gasteiger partial charge in [-0.15, -0.1) is 0 Å². The van der Waals surface area contributed by atoms with Crippen molar-refractivity contribution in [1.29, 1.82) is 0 Å². The monoisotopic (exact) mass is 281 g/mol. The van der Waals surface area contributed by atoms with Gasteiger partial charge in [-0.3, -0.25) is 4.79 Å². The number of carbonyl (C=O) groups is 1. The zero-order valence-corrected chi connectivity index (χ0v) is 10.6. The molecule has 1 amide bonds. The molecule has 1 fully saturated rings. The van der Waals surface area contributed by atoms with E-state index in [1.165, 1.54) is 0 Å². The lowest BCUT2D eigenvalue weighted by molar-refractivity contribution is -0.123. The third-order valence-electron chi connectivity index (χ3n) is 3.68. The minimum Gasteiger partial charge on any atom is -0.495 e. The summed E-state index contributed by atoms with van der Waals surface area (Å²) in [4.78, 5) is 12.0. The smallest absolute Gasteiger partial charge is 0.235 e. The van der Waals surface area contributed by atoms with Crippen LogP contribution in [0.4, 0.5) is 5.69 Å². The number of benzene rings is 1. The number of ether oxygens (including phenoxy) is 1. The Morgan fingerprint density at radius 3 is 2.75 bits per heavy atom. The highest BCUT2D eigenvalue weighted by Crippen LogP contribution is 2.54. The maximum absolute atomic E-state index is 12.0. The molecule has 1 N–H and O–H groups in total. The van der Waals surface area contributed by atoms with Crippen LogP contribution in [0.5, 0.6) is 5.75 Å². The average molecular weight is 282 g/mol. The highest BCUT2D eigenvalue weighted by molar-refractivity contribution is 9.10. The number of hydrogen-bond acceptors (Lipinski definition) is 2. The molecule has 1 aromatic carbocycles. The van der Waals surface area contributed by atoms with Crippen LogP contribution < -0.4 is 10.1 Å². The van der Waals surface area contributed by atoms with Crippen LogP contribution in [0.1, 0.15) is 24.8 Å². The van der Waals surface area contributed by atoms with Crippen molar-refractivity contribution < 1.29 is 9.53 Å². The van der Waals surface area contributed by atoms with E-state index in [1.807, 2.05) is 12.1 Å². The van der Waals surface area contributed by atoms with E-state index in [2.05, 4.69) is 21.2 Å². The SMILES string of the molecule is COc1cc(Br)cc2c1NC(=O)C21CCC1. The van der Waals surface area contributed by atoms with E-state index in [-0.39, 0.29) is 11.3 Å². The molecule has 0 unspecified atom stereocenters. The molecule has 16 heavy (non-hydrogen) atoms. The van der Waals surface area contributed by atoms with Crippen LogP contribution in [-0.2, 0) is 10.2 Å². The van der Waals surface area contributed by atoms with Gasteiger partial charge >= 0.3 is 0 Å². The molecule has 1 heterocycles. The Labute approximate surface area is 102 Å². The molecule has 4 heteroatoms. The number of methoxy groups -OCH3 is 1. The third kappa shape index (κ3) is 1.11. The lowest BCUT2D eigenvalue weighted by Gasteiger charge is -2.36. The van der Waals surface area contributed by atoms with Gasteiger partial charge < -0.3 is 10.1 Å². The van der Waals surface area contributed by atoms with Crippen molar-refractivity contribution in [1.82, 2.24) is 0 Å². The van der Waals surface area contributed by atoms with E-state index in [0.717, 1.165) is 40.7 Å². The fraction of sp³-hybridized carbons (Fsp3) is 0.417. The first-order valence-corrected chi connectivity index (χ1v) is 6.16. The number of carbonyl (C=O) groups excluding carboxylic acids is 1. The van der Waals surface area contributed by atoms with E-state index >= 15 is 0 Å². The van der Waals surface area contributed by atoms with Gasteiger partial charge in [-0.25, -0.2) is 0 Å². The normalized spacial score (nSPS) is 20.2. The van der Waals surface area contributed by atoms with Crippen molar-refractivity contribution in [3.8, 4) is 5.75 Å². The molecule has 1 saturated carbocycles. The summed E-state index contributed by atoms with van der Waals surface area (Å²) in [6.45, 7) is 0. The van der Waals surface area contributed by atoms with Gasteiger partial charge in [0.2, 0.25) is 5.91 Å². The van der Waals surface area contributed by atoms with Crippen molar-refractivity contribution in [2.24, 2.45) is 0 Å². The Morgan fingerprint density at radius 2 is 2.19 bits per heavy atom. The van der Waals surface area contributed by atoms with Crippen molar-refractivity contribution in [3.05, 3.63) is 22.2 Å². The van der Waals surface area contributed by atoms with Gasteiger partial charge in [0.15, 0.2) is 0 Å². The van der Waals surface area contributed by atoms with Gasteiger partial charge in [0.25, 0.3) is 0 Å². The van der Waals surface area contributed by atoms with Gasteiger partial charge in [0, 0.05) is 4.47 Å². The molecular weight excluding hydrogens is 270 g/mol. The first-order valence-electron chi connectivity index (χ1n) is 5.37. The molecule has 3 nitrogen and oxygen atoms in total. The predicted octanol–water partition coefficient (Wildman–Crippen LogP) is 2.83. The Kier molecular flexibility index (Phi) is 2.05. The molecule has 0 aromatic heterocycles. The molecule has 0 atom stereocenters. The van der Waals surface area contributed by atoms with Crippen LogP contribution in [0, 0.1) is 0 Å². The van der Waals surface area contributed by atoms with E-state index in [9.17, 15) is 4.79 Å². The maximum atomic E-state index is 12.0. The fourth-order valence-electron chi connectivity index (χ4n) is 2.63. The number of anilines is 1. The quantitative estimate of drug-likeness (QED) is 0.860. The predicted molar refractivity (Wildman–Crippen MR) is 64.9 cm³/mol. The average Bonchev–Trinajstić information content (AvgIpc) is 2.48. The molecule has 1 aliphatic carbocycles.